The summed E-state index contributed by atoms with van der Waals surface area (Å²) in [6, 6.07) is 11.4. The molecule has 2 aromatic carbocycles. The van der Waals surface area contributed by atoms with Crippen molar-refractivity contribution >= 4 is 29.5 Å². The zero-order chi connectivity index (χ0) is 29.0. The van der Waals surface area contributed by atoms with Crippen molar-refractivity contribution in [2.45, 2.75) is 13.1 Å². The maximum Gasteiger partial charge on any atom is 0.416 e. The summed E-state index contributed by atoms with van der Waals surface area (Å²) in [4.78, 5) is 44.5. The first kappa shape index (κ1) is 27.6. The molecule has 0 radical (unpaired) electrons. The number of alkyl halides is 3. The molecule has 0 atom stereocenters. The molecule has 0 aliphatic heterocycles. The lowest BCUT2D eigenvalue weighted by Gasteiger charge is -2.20. The number of hydrogen-bond donors (Lipinski definition) is 2. The number of aryl methyl sites for hydroxylation is 1. The summed E-state index contributed by atoms with van der Waals surface area (Å²) in [6.07, 6.45) is -1.69. The topological polar surface area (TPSA) is 142 Å². The molecule has 2 heterocycles. The molecule has 11 nitrogen and oxygen atoms in total. The molecule has 0 saturated carbocycles. The Bertz CT molecular complexity index is 1570. The van der Waals surface area contributed by atoms with Gasteiger partial charge in [-0.1, -0.05) is 0 Å². The Balaban J connectivity index is 1.47. The Hall–Kier alpha value is -5.40. The Morgan fingerprint density at radius 1 is 1.00 bits per heavy atom. The second-order valence-corrected chi connectivity index (χ2v) is 8.36. The van der Waals surface area contributed by atoms with Gasteiger partial charge in [-0.25, -0.2) is 24.4 Å². The van der Waals surface area contributed by atoms with Crippen LogP contribution in [0.3, 0.4) is 0 Å². The molecule has 0 fully saturated rings. The summed E-state index contributed by atoms with van der Waals surface area (Å²) in [5.74, 6) is -0.510. The molecular weight excluding hydrogens is 533 g/mol. The van der Waals surface area contributed by atoms with Gasteiger partial charge in [0.15, 0.2) is 5.69 Å². The van der Waals surface area contributed by atoms with Crippen LogP contribution in [0.1, 0.15) is 21.7 Å². The van der Waals surface area contributed by atoms with Gasteiger partial charge in [0.1, 0.15) is 11.5 Å². The molecule has 0 saturated heterocycles. The third-order valence-corrected chi connectivity index (χ3v) is 5.40. The number of imidazole rings is 1. The second kappa shape index (κ2) is 11.1. The molecule has 0 spiro atoms. The van der Waals surface area contributed by atoms with Gasteiger partial charge in [-0.05, 0) is 55.5 Å². The van der Waals surface area contributed by atoms with Crippen molar-refractivity contribution in [3.8, 4) is 17.2 Å². The van der Waals surface area contributed by atoms with Crippen LogP contribution in [0, 0.1) is 6.92 Å². The monoisotopic (exact) mass is 554 g/mol. The van der Waals surface area contributed by atoms with Crippen molar-refractivity contribution < 1.29 is 37.0 Å². The lowest BCUT2D eigenvalue weighted by molar-refractivity contribution is -0.137. The van der Waals surface area contributed by atoms with E-state index < -0.39 is 29.8 Å². The Labute approximate surface area is 225 Å². The van der Waals surface area contributed by atoms with Crippen LogP contribution in [0.4, 0.5) is 34.1 Å². The number of primary amides is 1. The fourth-order valence-corrected chi connectivity index (χ4v) is 3.49. The minimum atomic E-state index is -4.63. The third kappa shape index (κ3) is 6.72. The molecule has 0 unspecified atom stereocenters. The maximum absolute atomic E-state index is 13.5. The number of nitrogens with two attached hydrogens (primary N) is 1. The first-order valence-corrected chi connectivity index (χ1v) is 11.4. The molecular formula is C26H21F3N6O5. The van der Waals surface area contributed by atoms with E-state index in [1.807, 2.05) is 0 Å². The summed E-state index contributed by atoms with van der Waals surface area (Å²) in [5.41, 5.74) is 4.83. The van der Waals surface area contributed by atoms with Gasteiger partial charge in [-0.3, -0.25) is 4.90 Å². The average Bonchev–Trinajstić information content (AvgIpc) is 3.34. The Morgan fingerprint density at radius 2 is 1.73 bits per heavy atom. The highest BCUT2D eigenvalue weighted by Crippen LogP contribution is 2.33. The van der Waals surface area contributed by atoms with E-state index in [0.29, 0.717) is 17.1 Å². The molecule has 3 amide bonds. The fraction of sp³-hybridized carbons (Fsp3) is 0.115. The Morgan fingerprint density at radius 3 is 2.35 bits per heavy atom. The number of hydrogen-bond acceptors (Lipinski definition) is 7. The van der Waals surface area contributed by atoms with E-state index in [-0.39, 0.29) is 22.8 Å². The maximum atomic E-state index is 13.5. The summed E-state index contributed by atoms with van der Waals surface area (Å²) in [7, 11) is 1.44. The van der Waals surface area contributed by atoms with Crippen LogP contribution in [0.15, 0.2) is 73.3 Å². The largest absolute Gasteiger partial charge is 0.457 e. The predicted molar refractivity (Wildman–Crippen MR) is 136 cm³/mol. The summed E-state index contributed by atoms with van der Waals surface area (Å²) in [6.45, 7) is 1.70. The molecule has 0 aliphatic rings. The van der Waals surface area contributed by atoms with Crippen LogP contribution in [0.2, 0.25) is 0 Å². The molecule has 40 heavy (non-hydrogen) atoms. The number of rotatable bonds is 6. The number of nitrogens with one attached hydrogen (secondary N) is 1. The van der Waals surface area contributed by atoms with E-state index in [9.17, 15) is 27.6 Å². The van der Waals surface area contributed by atoms with Gasteiger partial charge < -0.3 is 25.1 Å². The molecule has 0 bridgehead atoms. The number of nitrogens with zero attached hydrogens (tertiary/aromatic N) is 4. The van der Waals surface area contributed by atoms with E-state index >= 15 is 0 Å². The van der Waals surface area contributed by atoms with Crippen LogP contribution in [-0.2, 0) is 10.9 Å². The quantitative estimate of drug-likeness (QED) is 0.244. The lowest BCUT2D eigenvalue weighted by Crippen LogP contribution is -2.31. The van der Waals surface area contributed by atoms with Crippen molar-refractivity contribution in [3.63, 3.8) is 0 Å². The highest BCUT2D eigenvalue weighted by Gasteiger charge is 2.31. The van der Waals surface area contributed by atoms with Crippen molar-refractivity contribution in [3.05, 3.63) is 90.3 Å². The fourth-order valence-electron chi connectivity index (χ4n) is 3.49. The van der Waals surface area contributed by atoms with Gasteiger partial charge in [0, 0.05) is 42.6 Å². The first-order chi connectivity index (χ1) is 18.9. The summed E-state index contributed by atoms with van der Waals surface area (Å²) in [5, 5.41) is 2.49. The Kier molecular flexibility index (Phi) is 7.70. The highest BCUT2D eigenvalue weighted by molar-refractivity contribution is 6.01. The van der Waals surface area contributed by atoms with Crippen LogP contribution in [0.5, 0.6) is 11.5 Å². The SMILES string of the molecule is Cc1cn(-c2cc(NC(=O)N(C)c3ccc(Oc4ccnc(C(=O)OC(N)=O)c4)cc3)cc(C(F)(F)F)c2)cn1. The van der Waals surface area contributed by atoms with Crippen LogP contribution in [-0.4, -0.2) is 39.7 Å². The third-order valence-electron chi connectivity index (χ3n) is 5.40. The van der Waals surface area contributed by atoms with Gasteiger partial charge in [-0.15, -0.1) is 0 Å². The van der Waals surface area contributed by atoms with Crippen molar-refractivity contribution in [1.29, 1.82) is 0 Å². The normalized spacial score (nSPS) is 11.0. The minimum Gasteiger partial charge on any atom is -0.457 e. The van der Waals surface area contributed by atoms with Crippen LogP contribution < -0.4 is 20.7 Å². The zero-order valence-corrected chi connectivity index (χ0v) is 21.0. The molecule has 3 N–H and O–H groups in total. The van der Waals surface area contributed by atoms with Gasteiger partial charge in [0.2, 0.25) is 0 Å². The smallest absolute Gasteiger partial charge is 0.416 e. The number of ether oxygens (including phenoxy) is 2. The first-order valence-electron chi connectivity index (χ1n) is 11.4. The standard InChI is InChI=1S/C26H21F3N6O5/c1-15-13-35(14-32-15)19-10-16(26(27,28)29)9-17(11-19)33-25(38)34(2)18-3-5-20(6-4-18)39-21-7-8-31-22(12-21)23(36)40-24(30)37/h3-14H,1-2H3,(H2,30,37)(H,33,38). The molecule has 206 valence electrons. The van der Waals surface area contributed by atoms with E-state index in [0.717, 1.165) is 12.1 Å². The summed E-state index contributed by atoms with van der Waals surface area (Å²) >= 11 is 0. The second-order valence-electron chi connectivity index (χ2n) is 8.36. The number of amides is 3. The van der Waals surface area contributed by atoms with E-state index in [1.165, 1.54) is 59.4 Å². The number of urea groups is 1. The number of carbonyl (C=O) groups is 3. The number of benzene rings is 2. The highest BCUT2D eigenvalue weighted by atomic mass is 19.4. The van der Waals surface area contributed by atoms with Gasteiger partial charge in [-0.2, -0.15) is 13.2 Å². The van der Waals surface area contributed by atoms with Crippen molar-refractivity contribution in [2.75, 3.05) is 17.3 Å². The number of aromatic nitrogens is 3. The van der Waals surface area contributed by atoms with E-state index in [1.54, 1.807) is 25.3 Å². The predicted octanol–water partition coefficient (Wildman–Crippen LogP) is 5.29. The number of halogens is 3. The lowest BCUT2D eigenvalue weighted by atomic mass is 10.1. The minimum absolute atomic E-state index is 0.0589. The average molecular weight is 554 g/mol. The van der Waals surface area contributed by atoms with Crippen molar-refractivity contribution in [2.24, 2.45) is 5.73 Å². The van der Waals surface area contributed by atoms with Crippen LogP contribution >= 0.6 is 0 Å². The van der Waals surface area contributed by atoms with Crippen LogP contribution in [0.25, 0.3) is 5.69 Å². The van der Waals surface area contributed by atoms with Gasteiger partial charge in [0.25, 0.3) is 0 Å². The molecule has 0 aliphatic carbocycles. The summed E-state index contributed by atoms with van der Waals surface area (Å²) < 4.78 is 52.0. The van der Waals surface area contributed by atoms with Crippen molar-refractivity contribution in [1.82, 2.24) is 14.5 Å². The molecule has 4 rings (SSSR count). The van der Waals surface area contributed by atoms with E-state index in [4.69, 9.17) is 10.5 Å². The molecule has 4 aromatic rings. The molecule has 2 aromatic heterocycles. The number of pyridine rings is 1. The number of carbonyl (C=O) groups excluding carboxylic acids is 3. The van der Waals surface area contributed by atoms with E-state index in [2.05, 4.69) is 20.0 Å². The van der Waals surface area contributed by atoms with Gasteiger partial charge >= 0.3 is 24.3 Å². The number of anilines is 2. The molecule has 14 heteroatoms. The zero-order valence-electron chi connectivity index (χ0n) is 21.0. The number of esters is 1. The van der Waals surface area contributed by atoms with Gasteiger partial charge in [0.05, 0.1) is 17.6 Å².